The Morgan fingerprint density at radius 3 is 2.83 bits per heavy atom. The van der Waals surface area contributed by atoms with Gasteiger partial charge in [0.05, 0.1) is 7.11 Å². The van der Waals surface area contributed by atoms with Crippen molar-refractivity contribution in [3.8, 4) is 5.75 Å². The molecule has 2 aliphatic rings. The van der Waals surface area contributed by atoms with Gasteiger partial charge in [-0.25, -0.2) is 0 Å². The van der Waals surface area contributed by atoms with Crippen LogP contribution >= 0.6 is 0 Å². The molecular weight excluding hydrogens is 222 g/mol. The van der Waals surface area contributed by atoms with Gasteiger partial charge in [0.1, 0.15) is 5.75 Å². The molecule has 1 aliphatic heterocycles. The second-order valence-electron chi connectivity index (χ2n) is 5.95. The molecule has 1 aromatic rings. The van der Waals surface area contributed by atoms with E-state index in [-0.39, 0.29) is 0 Å². The molecule has 1 saturated heterocycles. The zero-order valence-electron chi connectivity index (χ0n) is 11.5. The normalized spacial score (nSPS) is 27.4. The lowest BCUT2D eigenvalue weighted by Gasteiger charge is -2.30. The van der Waals surface area contributed by atoms with Crippen molar-refractivity contribution < 1.29 is 4.74 Å². The van der Waals surface area contributed by atoms with Gasteiger partial charge in [-0.15, -0.1) is 0 Å². The quantitative estimate of drug-likeness (QED) is 0.880. The lowest BCUT2D eigenvalue weighted by atomic mass is 9.84. The van der Waals surface area contributed by atoms with Crippen LogP contribution in [0.25, 0.3) is 0 Å². The first-order valence-corrected chi connectivity index (χ1v) is 7.12. The molecule has 1 aliphatic carbocycles. The van der Waals surface area contributed by atoms with Crippen LogP contribution in [0.1, 0.15) is 36.8 Å². The third-order valence-electron chi connectivity index (χ3n) is 4.58. The molecule has 0 aromatic heterocycles. The Balaban J connectivity index is 1.88. The molecule has 3 rings (SSSR count). The number of ether oxygens (including phenoxy) is 1. The average Bonchev–Trinajstić information content (AvgIpc) is 3.12. The highest BCUT2D eigenvalue weighted by atomic mass is 16.5. The van der Waals surface area contributed by atoms with E-state index in [0.717, 1.165) is 18.1 Å². The van der Waals surface area contributed by atoms with Crippen molar-refractivity contribution >= 4 is 0 Å². The minimum Gasteiger partial charge on any atom is -0.496 e. The average molecular weight is 245 g/mol. The van der Waals surface area contributed by atoms with Crippen molar-refractivity contribution in [2.24, 2.45) is 5.92 Å². The molecule has 2 nitrogen and oxygen atoms in total. The van der Waals surface area contributed by atoms with Crippen LogP contribution in [0.5, 0.6) is 5.75 Å². The number of nitrogens with one attached hydrogen (secondary N) is 1. The Kier molecular flexibility index (Phi) is 3.06. The molecule has 0 radical (unpaired) electrons. The van der Waals surface area contributed by atoms with Crippen molar-refractivity contribution in [1.82, 2.24) is 5.32 Å². The fourth-order valence-electron chi connectivity index (χ4n) is 3.49. The number of hydrogen-bond acceptors (Lipinski definition) is 2. The van der Waals surface area contributed by atoms with Crippen molar-refractivity contribution in [2.45, 2.75) is 44.6 Å². The van der Waals surface area contributed by atoms with Crippen molar-refractivity contribution in [1.29, 1.82) is 0 Å². The number of aryl methyl sites for hydroxylation is 1. The van der Waals surface area contributed by atoms with Gasteiger partial charge in [-0.2, -0.15) is 0 Å². The van der Waals surface area contributed by atoms with Crippen molar-refractivity contribution in [3.63, 3.8) is 0 Å². The summed E-state index contributed by atoms with van der Waals surface area (Å²) in [6.45, 7) is 3.35. The lowest BCUT2D eigenvalue weighted by molar-refractivity contribution is 0.316. The molecule has 1 unspecified atom stereocenters. The molecule has 1 atom stereocenters. The minimum absolute atomic E-state index is 0.362. The molecule has 0 amide bonds. The highest BCUT2D eigenvalue weighted by Gasteiger charge is 2.46. The van der Waals surface area contributed by atoms with E-state index in [1.165, 1.54) is 43.4 Å². The molecule has 98 valence electrons. The van der Waals surface area contributed by atoms with Gasteiger partial charge in [-0.05, 0) is 63.1 Å². The maximum absolute atomic E-state index is 5.53. The van der Waals surface area contributed by atoms with E-state index in [1.807, 2.05) is 0 Å². The second kappa shape index (κ2) is 4.58. The lowest BCUT2D eigenvalue weighted by Crippen LogP contribution is -2.44. The van der Waals surface area contributed by atoms with Crippen molar-refractivity contribution in [2.75, 3.05) is 13.7 Å². The van der Waals surface area contributed by atoms with Crippen LogP contribution < -0.4 is 10.1 Å². The van der Waals surface area contributed by atoms with E-state index in [4.69, 9.17) is 4.74 Å². The highest BCUT2D eigenvalue weighted by molar-refractivity contribution is 5.38. The van der Waals surface area contributed by atoms with Crippen LogP contribution in [0.4, 0.5) is 0 Å². The first-order chi connectivity index (χ1) is 8.73. The van der Waals surface area contributed by atoms with E-state index in [1.54, 1.807) is 7.11 Å². The number of methoxy groups -OCH3 is 1. The summed E-state index contributed by atoms with van der Waals surface area (Å²) in [6.07, 6.45) is 6.59. The number of rotatable bonds is 4. The van der Waals surface area contributed by atoms with Crippen LogP contribution in [0.2, 0.25) is 0 Å². The van der Waals surface area contributed by atoms with Gasteiger partial charge in [0, 0.05) is 5.54 Å². The Bertz CT molecular complexity index is 431. The molecule has 1 N–H and O–H groups in total. The molecule has 0 bridgehead atoms. The minimum atomic E-state index is 0.362. The molecule has 2 heteroatoms. The van der Waals surface area contributed by atoms with Gasteiger partial charge in [-0.1, -0.05) is 17.7 Å². The maximum Gasteiger partial charge on any atom is 0.122 e. The van der Waals surface area contributed by atoms with Gasteiger partial charge in [0.2, 0.25) is 0 Å². The third kappa shape index (κ3) is 2.14. The summed E-state index contributed by atoms with van der Waals surface area (Å²) in [6, 6.07) is 6.54. The summed E-state index contributed by atoms with van der Waals surface area (Å²) in [5.74, 6) is 1.94. The van der Waals surface area contributed by atoms with Gasteiger partial charge in [-0.3, -0.25) is 0 Å². The standard InChI is InChI=1S/C16H23NO/c1-12-4-7-15(18-2)13(10-12)11-16(14-5-6-14)8-3-9-17-16/h4,7,10,14,17H,3,5-6,8-9,11H2,1-2H3. The first-order valence-electron chi connectivity index (χ1n) is 7.12. The summed E-state index contributed by atoms with van der Waals surface area (Å²) >= 11 is 0. The molecule has 18 heavy (non-hydrogen) atoms. The molecular formula is C16H23NO. The van der Waals surface area contributed by atoms with Gasteiger partial charge >= 0.3 is 0 Å². The molecule has 2 fully saturated rings. The molecule has 1 saturated carbocycles. The molecule has 1 heterocycles. The zero-order valence-corrected chi connectivity index (χ0v) is 11.5. The van der Waals surface area contributed by atoms with Crippen LogP contribution in [0.3, 0.4) is 0 Å². The van der Waals surface area contributed by atoms with Crippen LogP contribution in [-0.2, 0) is 6.42 Å². The zero-order chi connectivity index (χ0) is 12.6. The maximum atomic E-state index is 5.53. The Hall–Kier alpha value is -1.02. The molecule has 1 aromatic carbocycles. The summed E-state index contributed by atoms with van der Waals surface area (Å²) in [5.41, 5.74) is 3.06. The SMILES string of the molecule is COc1ccc(C)cc1CC1(C2CC2)CCCN1. The Morgan fingerprint density at radius 2 is 2.22 bits per heavy atom. The second-order valence-corrected chi connectivity index (χ2v) is 5.95. The predicted octanol–water partition coefficient (Wildman–Crippen LogP) is 3.08. The van der Waals surface area contributed by atoms with E-state index in [9.17, 15) is 0 Å². The third-order valence-corrected chi connectivity index (χ3v) is 4.58. The van der Waals surface area contributed by atoms with Crippen molar-refractivity contribution in [3.05, 3.63) is 29.3 Å². The topological polar surface area (TPSA) is 21.3 Å². The first kappa shape index (κ1) is 12.0. The van der Waals surface area contributed by atoms with Gasteiger partial charge < -0.3 is 10.1 Å². The monoisotopic (exact) mass is 245 g/mol. The van der Waals surface area contributed by atoms with E-state index < -0.39 is 0 Å². The number of benzene rings is 1. The summed E-state index contributed by atoms with van der Waals surface area (Å²) < 4.78 is 5.53. The van der Waals surface area contributed by atoms with Gasteiger partial charge in [0.15, 0.2) is 0 Å². The fraction of sp³-hybridized carbons (Fsp3) is 0.625. The smallest absolute Gasteiger partial charge is 0.122 e. The summed E-state index contributed by atoms with van der Waals surface area (Å²) in [7, 11) is 1.78. The highest BCUT2D eigenvalue weighted by Crippen LogP contribution is 2.46. The number of hydrogen-bond donors (Lipinski definition) is 1. The van der Waals surface area contributed by atoms with E-state index in [2.05, 4.69) is 30.4 Å². The Morgan fingerprint density at radius 1 is 1.39 bits per heavy atom. The fourth-order valence-corrected chi connectivity index (χ4v) is 3.49. The predicted molar refractivity (Wildman–Crippen MR) is 74.1 cm³/mol. The van der Waals surface area contributed by atoms with Crippen LogP contribution in [0.15, 0.2) is 18.2 Å². The Labute approximate surface area is 110 Å². The summed E-state index contributed by atoms with van der Waals surface area (Å²) in [5, 5.41) is 3.80. The van der Waals surface area contributed by atoms with Crippen LogP contribution in [0, 0.1) is 12.8 Å². The van der Waals surface area contributed by atoms with Crippen LogP contribution in [-0.4, -0.2) is 19.2 Å². The van der Waals surface area contributed by atoms with E-state index in [0.29, 0.717) is 5.54 Å². The summed E-state index contributed by atoms with van der Waals surface area (Å²) in [4.78, 5) is 0. The van der Waals surface area contributed by atoms with Gasteiger partial charge in [0.25, 0.3) is 0 Å². The largest absolute Gasteiger partial charge is 0.496 e. The van der Waals surface area contributed by atoms with E-state index >= 15 is 0 Å². The molecule has 0 spiro atoms.